The molecule has 6 heterocycles. The summed E-state index contributed by atoms with van der Waals surface area (Å²) in [5.74, 6) is -3.50. The Morgan fingerprint density at radius 3 is 2.42 bits per heavy atom. The molecule has 0 aliphatic carbocycles. The monoisotopic (exact) mass is 840 g/mol. The van der Waals surface area contributed by atoms with Crippen LogP contribution in [0.15, 0.2) is 79.3 Å². The predicted molar refractivity (Wildman–Crippen MR) is 227 cm³/mol. The number of benzene rings is 3. The second kappa shape index (κ2) is 16.3. The van der Waals surface area contributed by atoms with Crippen LogP contribution >= 0.6 is 0 Å². The first-order valence-electron chi connectivity index (χ1n) is 20.5. The summed E-state index contributed by atoms with van der Waals surface area (Å²) >= 11 is 0. The summed E-state index contributed by atoms with van der Waals surface area (Å²) in [6.45, 7) is 1.66. The van der Waals surface area contributed by atoms with E-state index in [4.69, 9.17) is 5.10 Å². The molecule has 6 aromatic rings. The van der Waals surface area contributed by atoms with Crippen LogP contribution in [0.4, 0.5) is 25.8 Å². The van der Waals surface area contributed by atoms with E-state index in [-0.39, 0.29) is 52.3 Å². The van der Waals surface area contributed by atoms with Crippen molar-refractivity contribution in [3.8, 4) is 22.3 Å². The smallest absolute Gasteiger partial charge is 0.276 e. The fourth-order valence-electron chi connectivity index (χ4n) is 8.78. The molecule has 0 spiro atoms. The van der Waals surface area contributed by atoms with Gasteiger partial charge in [0.2, 0.25) is 17.7 Å². The molecule has 0 bridgehead atoms. The molecule has 62 heavy (non-hydrogen) atoms. The van der Waals surface area contributed by atoms with Gasteiger partial charge in [-0.2, -0.15) is 10.2 Å². The van der Waals surface area contributed by atoms with Crippen LogP contribution < -0.4 is 25.8 Å². The molecule has 316 valence electrons. The summed E-state index contributed by atoms with van der Waals surface area (Å²) < 4.78 is 35.9. The topological polar surface area (TPSA) is 176 Å². The maximum atomic E-state index is 17.1. The van der Waals surface area contributed by atoms with E-state index in [1.807, 2.05) is 21.8 Å². The molecule has 1 atom stereocenters. The van der Waals surface area contributed by atoms with E-state index in [1.165, 1.54) is 36.1 Å². The number of hydrogen-bond donors (Lipinski definition) is 3. The van der Waals surface area contributed by atoms with E-state index in [1.54, 1.807) is 54.5 Å². The van der Waals surface area contributed by atoms with E-state index in [0.717, 1.165) is 6.42 Å². The Bertz CT molecular complexity index is 2810. The zero-order valence-corrected chi connectivity index (χ0v) is 34.0. The third-order valence-corrected chi connectivity index (χ3v) is 12.0. The molecule has 3 N–H and O–H groups in total. The molecule has 0 saturated carbocycles. The van der Waals surface area contributed by atoms with Gasteiger partial charge in [0.15, 0.2) is 5.69 Å². The minimum Gasteiger partial charge on any atom is -0.369 e. The van der Waals surface area contributed by atoms with Crippen LogP contribution in [0.2, 0.25) is 0 Å². The highest BCUT2D eigenvalue weighted by atomic mass is 19.1. The molecular weight excluding hydrogens is 799 g/mol. The highest BCUT2D eigenvalue weighted by molar-refractivity contribution is 6.12. The van der Waals surface area contributed by atoms with E-state index >= 15 is 8.78 Å². The number of aryl methyl sites for hydroxylation is 1. The van der Waals surface area contributed by atoms with Crippen molar-refractivity contribution in [1.29, 1.82) is 0 Å². The van der Waals surface area contributed by atoms with Crippen LogP contribution in [0.1, 0.15) is 77.0 Å². The lowest BCUT2D eigenvalue weighted by atomic mass is 9.90. The molecule has 5 amide bonds. The maximum absolute atomic E-state index is 17.1. The lowest BCUT2D eigenvalue weighted by Crippen LogP contribution is -2.39. The highest BCUT2D eigenvalue weighted by Crippen LogP contribution is 2.41. The van der Waals surface area contributed by atoms with Gasteiger partial charge < -0.3 is 20.4 Å². The van der Waals surface area contributed by atoms with Crippen LogP contribution in [0.3, 0.4) is 0 Å². The Labute approximate surface area is 354 Å². The minimum absolute atomic E-state index is 0.00320. The Balaban J connectivity index is 0.998. The number of hydrogen-bond acceptors (Lipinski definition) is 9. The number of piperidine rings is 2. The van der Waals surface area contributed by atoms with Gasteiger partial charge in [-0.1, -0.05) is 12.1 Å². The highest BCUT2D eigenvalue weighted by Gasteiger charge is 2.31. The van der Waals surface area contributed by atoms with Crippen molar-refractivity contribution in [2.45, 2.75) is 50.5 Å². The summed E-state index contributed by atoms with van der Waals surface area (Å²) in [6, 6.07) is 16.6. The lowest BCUT2D eigenvalue weighted by molar-refractivity contribution is -0.134. The number of nitrogens with zero attached hydrogens (tertiary/aromatic N) is 7. The van der Waals surface area contributed by atoms with Crippen LogP contribution in [0.5, 0.6) is 0 Å². The van der Waals surface area contributed by atoms with Crippen molar-refractivity contribution in [2.24, 2.45) is 7.05 Å². The van der Waals surface area contributed by atoms with Gasteiger partial charge in [0.25, 0.3) is 11.8 Å². The number of fused-ring (bicyclic) bond motifs is 1. The zero-order chi connectivity index (χ0) is 43.2. The number of rotatable bonds is 9. The first kappa shape index (κ1) is 40.1. The molecule has 3 aliphatic rings. The third-order valence-electron chi connectivity index (χ3n) is 12.0. The number of imide groups is 1. The van der Waals surface area contributed by atoms with E-state index in [9.17, 15) is 24.0 Å². The van der Waals surface area contributed by atoms with Crippen LogP contribution in [0.25, 0.3) is 33.2 Å². The van der Waals surface area contributed by atoms with Gasteiger partial charge in [-0.3, -0.25) is 43.6 Å². The first-order valence-corrected chi connectivity index (χ1v) is 20.5. The van der Waals surface area contributed by atoms with Crippen LogP contribution in [-0.2, 0) is 21.4 Å². The fraction of sp³-hybridized carbons (Fsp3) is 0.289. The van der Waals surface area contributed by atoms with Crippen LogP contribution in [0, 0.1) is 11.6 Å². The Hall–Kier alpha value is -7.30. The van der Waals surface area contributed by atoms with Crippen molar-refractivity contribution >= 4 is 57.5 Å². The maximum Gasteiger partial charge on any atom is 0.276 e. The van der Waals surface area contributed by atoms with Crippen molar-refractivity contribution in [1.82, 2.24) is 35.2 Å². The number of pyridine rings is 1. The molecule has 3 aromatic carbocycles. The molecule has 3 saturated heterocycles. The van der Waals surface area contributed by atoms with Gasteiger partial charge in [-0.05, 0) is 90.9 Å². The molecule has 3 aliphatic heterocycles. The number of anilines is 3. The molecule has 17 heteroatoms. The van der Waals surface area contributed by atoms with E-state index in [0.29, 0.717) is 84.5 Å². The van der Waals surface area contributed by atoms with Crippen LogP contribution in [-0.4, -0.2) is 80.8 Å². The molecule has 3 aromatic heterocycles. The quantitative estimate of drug-likeness (QED) is 0.150. The van der Waals surface area contributed by atoms with Gasteiger partial charge in [-0.25, -0.2) is 8.78 Å². The van der Waals surface area contributed by atoms with Crippen molar-refractivity contribution < 1.29 is 32.8 Å². The van der Waals surface area contributed by atoms with E-state index < -0.39 is 35.3 Å². The molecular formula is C45H42F2N10O5. The van der Waals surface area contributed by atoms with Gasteiger partial charge >= 0.3 is 0 Å². The molecule has 1 unspecified atom stereocenters. The van der Waals surface area contributed by atoms with Gasteiger partial charge in [0, 0.05) is 81.5 Å². The summed E-state index contributed by atoms with van der Waals surface area (Å²) in [5.41, 5.74) is 4.34. The van der Waals surface area contributed by atoms with Crippen molar-refractivity contribution in [3.63, 3.8) is 0 Å². The number of amides is 5. The number of nitrogens with one attached hydrogen (secondary N) is 3. The van der Waals surface area contributed by atoms with Gasteiger partial charge in [0.1, 0.15) is 17.3 Å². The number of carbonyl (C=O) groups excluding carboxylic acids is 5. The number of carbonyl (C=O) groups is 5. The fourth-order valence-corrected chi connectivity index (χ4v) is 8.78. The van der Waals surface area contributed by atoms with E-state index in [2.05, 4.69) is 26.0 Å². The summed E-state index contributed by atoms with van der Waals surface area (Å²) in [5, 5.41) is 16.7. The van der Waals surface area contributed by atoms with Crippen molar-refractivity contribution in [3.05, 3.63) is 108 Å². The number of halogens is 2. The standard InChI is InChI=1S/C45H42F2N10O5/c1-48-44(61)35-21-27(13-16-49-35)51-45(62)42-40-37(54(2)53-42)11-8-32(41(40)47)31-7-6-29(56-17-3-4-39(56)59)22-33(31)26-23-50-57(24-26)28-14-18-55(19-15-28)36-10-5-25(20-34(36)46)30-9-12-38(58)52-43(30)60/h5-8,10-11,13,16,20-24,28,30H,3-4,9,12,14-15,17-19H2,1-2H3,(H,48,61)(H,49,51,62)(H,52,58,60). The summed E-state index contributed by atoms with van der Waals surface area (Å²) in [4.78, 5) is 70.5. The average Bonchev–Trinajstić information content (AvgIpc) is 4.03. The third kappa shape index (κ3) is 7.43. The van der Waals surface area contributed by atoms with Crippen molar-refractivity contribution in [2.75, 3.05) is 41.8 Å². The average molecular weight is 841 g/mol. The number of aromatic nitrogens is 5. The predicted octanol–water partition coefficient (Wildman–Crippen LogP) is 5.88. The normalized spacial score (nSPS) is 17.2. The SMILES string of the molecule is CNC(=O)c1cc(NC(=O)c2nn(C)c3ccc(-c4ccc(N5CCCC5=O)cc4-c4cnn(C5CCN(c6ccc(C7CCC(=O)NC7=O)cc6F)CC5)c4)c(F)c23)ccn1. The zero-order valence-electron chi connectivity index (χ0n) is 34.0. The second-order valence-corrected chi connectivity index (χ2v) is 15.8. The molecule has 0 radical (unpaired) electrons. The molecule has 15 nitrogen and oxygen atoms in total. The Morgan fingerprint density at radius 2 is 1.68 bits per heavy atom. The molecule has 9 rings (SSSR count). The van der Waals surface area contributed by atoms with Gasteiger partial charge in [0.05, 0.1) is 34.7 Å². The summed E-state index contributed by atoms with van der Waals surface area (Å²) in [7, 11) is 3.09. The lowest BCUT2D eigenvalue weighted by Gasteiger charge is -2.34. The first-order chi connectivity index (χ1) is 30.0. The Morgan fingerprint density at radius 1 is 0.871 bits per heavy atom. The van der Waals surface area contributed by atoms with Gasteiger partial charge in [-0.15, -0.1) is 0 Å². The molecule has 3 fully saturated rings. The Kier molecular flexibility index (Phi) is 10.5. The summed E-state index contributed by atoms with van der Waals surface area (Å²) in [6.07, 6.45) is 8.05. The minimum atomic E-state index is -0.678. The second-order valence-electron chi connectivity index (χ2n) is 15.8. The largest absolute Gasteiger partial charge is 0.369 e.